The largest absolute Gasteiger partial charge is 0.320 e. The molecule has 0 unspecified atom stereocenters. The molecule has 2 atom stereocenters. The summed E-state index contributed by atoms with van der Waals surface area (Å²) in [5.74, 6) is 0.497. The Bertz CT molecular complexity index is 1520. The Labute approximate surface area is 194 Å². The van der Waals surface area contributed by atoms with Crippen molar-refractivity contribution in [3.05, 3.63) is 102 Å². The van der Waals surface area contributed by atoms with Gasteiger partial charge in [-0.2, -0.15) is 5.10 Å². The number of alkyl halides is 1. The second-order valence-corrected chi connectivity index (χ2v) is 8.42. The first kappa shape index (κ1) is 20.3. The number of imidazole rings is 1. The molecule has 0 bridgehead atoms. The number of carbonyl (C=O) groups is 1. The number of anilines is 1. The lowest BCUT2D eigenvalue weighted by atomic mass is 10.0. The topological polar surface area (TPSA) is 77.1 Å². The van der Waals surface area contributed by atoms with Crippen LogP contribution in [0.25, 0.3) is 17.0 Å². The van der Waals surface area contributed by atoms with Gasteiger partial charge in [-0.15, -0.1) is 0 Å². The number of nitrogens with zero attached hydrogens (tertiary/aromatic N) is 5. The van der Waals surface area contributed by atoms with Crippen LogP contribution in [0, 0.1) is 6.92 Å². The number of benzene rings is 2. The van der Waals surface area contributed by atoms with Crippen LogP contribution in [0.3, 0.4) is 0 Å². The van der Waals surface area contributed by atoms with Gasteiger partial charge in [-0.25, -0.2) is 19.0 Å². The predicted molar refractivity (Wildman–Crippen MR) is 126 cm³/mol. The minimum Gasteiger partial charge on any atom is -0.320 e. The van der Waals surface area contributed by atoms with Crippen LogP contribution in [0.5, 0.6) is 0 Å². The molecular formula is C26H21FN6O. The van der Waals surface area contributed by atoms with Crippen LogP contribution in [0.4, 0.5) is 10.1 Å². The number of aromatic nitrogens is 5. The van der Waals surface area contributed by atoms with Gasteiger partial charge in [0.25, 0.3) is 5.91 Å². The normalized spacial score (nSPS) is 17.1. The standard InChI is InChI=1S/C26H21FN6O/c1-16-10-11-18(13-20(16)29-26(34)22-15-28-23-9-5-6-12-32(22)23)24-30-25-19(27)14-21(33(25)31-24)17-7-3-2-4-8-17/h2-13,15,19,21H,14H2,1H3,(H,29,34)/t19-,21-/m0/s1. The van der Waals surface area contributed by atoms with Crippen molar-refractivity contribution in [3.63, 3.8) is 0 Å². The summed E-state index contributed by atoms with van der Waals surface area (Å²) < 4.78 is 18.2. The molecule has 168 valence electrons. The van der Waals surface area contributed by atoms with Crippen molar-refractivity contribution in [3.8, 4) is 11.4 Å². The zero-order valence-corrected chi connectivity index (χ0v) is 18.4. The number of aryl methyl sites for hydroxylation is 1. The molecule has 6 rings (SSSR count). The van der Waals surface area contributed by atoms with Gasteiger partial charge in [0.15, 0.2) is 17.8 Å². The van der Waals surface area contributed by atoms with Gasteiger partial charge < -0.3 is 5.32 Å². The van der Waals surface area contributed by atoms with E-state index in [0.717, 1.165) is 11.1 Å². The first-order valence-electron chi connectivity index (χ1n) is 11.1. The van der Waals surface area contributed by atoms with Gasteiger partial charge in [-0.05, 0) is 36.2 Å². The van der Waals surface area contributed by atoms with Gasteiger partial charge in [-0.3, -0.25) is 9.20 Å². The summed E-state index contributed by atoms with van der Waals surface area (Å²) in [7, 11) is 0. The molecule has 34 heavy (non-hydrogen) atoms. The molecule has 0 saturated heterocycles. The summed E-state index contributed by atoms with van der Waals surface area (Å²) in [5, 5.41) is 7.62. The maximum absolute atomic E-state index is 14.8. The number of carbonyl (C=O) groups excluding carboxylic acids is 1. The Morgan fingerprint density at radius 1 is 1.09 bits per heavy atom. The summed E-state index contributed by atoms with van der Waals surface area (Å²) >= 11 is 0. The van der Waals surface area contributed by atoms with E-state index in [0.29, 0.717) is 40.7 Å². The number of hydrogen-bond donors (Lipinski definition) is 1. The molecule has 1 aliphatic rings. The predicted octanol–water partition coefficient (Wildman–Crippen LogP) is 5.16. The number of nitrogens with one attached hydrogen (secondary N) is 1. The molecule has 4 heterocycles. The van der Waals surface area contributed by atoms with Crippen LogP contribution in [-0.2, 0) is 0 Å². The number of amides is 1. The Balaban J connectivity index is 1.32. The monoisotopic (exact) mass is 452 g/mol. The highest BCUT2D eigenvalue weighted by atomic mass is 19.1. The van der Waals surface area contributed by atoms with Crippen molar-refractivity contribution in [2.45, 2.75) is 25.6 Å². The Morgan fingerprint density at radius 2 is 1.91 bits per heavy atom. The molecule has 8 heteroatoms. The molecule has 1 amide bonds. The lowest BCUT2D eigenvalue weighted by Gasteiger charge is -2.12. The van der Waals surface area contributed by atoms with Crippen molar-refractivity contribution in [2.75, 3.05) is 5.32 Å². The van der Waals surface area contributed by atoms with Crippen LogP contribution in [0.1, 0.15) is 46.1 Å². The van der Waals surface area contributed by atoms with Crippen molar-refractivity contribution < 1.29 is 9.18 Å². The smallest absolute Gasteiger partial charge is 0.274 e. The van der Waals surface area contributed by atoms with E-state index in [1.807, 2.05) is 73.7 Å². The van der Waals surface area contributed by atoms with E-state index in [4.69, 9.17) is 0 Å². The number of hydrogen-bond acceptors (Lipinski definition) is 4. The van der Waals surface area contributed by atoms with Crippen molar-refractivity contribution in [1.82, 2.24) is 24.1 Å². The minimum absolute atomic E-state index is 0.188. The van der Waals surface area contributed by atoms with Gasteiger partial charge in [-0.1, -0.05) is 48.5 Å². The fourth-order valence-corrected chi connectivity index (χ4v) is 4.44. The van der Waals surface area contributed by atoms with E-state index in [1.165, 1.54) is 0 Å². The van der Waals surface area contributed by atoms with Crippen LogP contribution in [0.2, 0.25) is 0 Å². The average Bonchev–Trinajstić information content (AvgIpc) is 3.56. The van der Waals surface area contributed by atoms with Crippen LogP contribution in [0.15, 0.2) is 79.1 Å². The fourth-order valence-electron chi connectivity index (χ4n) is 4.44. The number of pyridine rings is 1. The molecule has 0 spiro atoms. The highest BCUT2D eigenvalue weighted by molar-refractivity contribution is 6.04. The molecule has 2 aromatic carbocycles. The maximum atomic E-state index is 14.8. The van der Waals surface area contributed by atoms with E-state index in [9.17, 15) is 9.18 Å². The first-order chi connectivity index (χ1) is 16.6. The highest BCUT2D eigenvalue weighted by Gasteiger charge is 2.35. The molecule has 1 N–H and O–H groups in total. The highest BCUT2D eigenvalue weighted by Crippen LogP contribution is 2.40. The van der Waals surface area contributed by atoms with Crippen LogP contribution < -0.4 is 5.32 Å². The third-order valence-corrected chi connectivity index (χ3v) is 6.24. The van der Waals surface area contributed by atoms with Gasteiger partial charge in [0.05, 0.1) is 12.2 Å². The van der Waals surface area contributed by atoms with E-state index < -0.39 is 6.17 Å². The van der Waals surface area contributed by atoms with Crippen molar-refractivity contribution in [2.24, 2.45) is 0 Å². The van der Waals surface area contributed by atoms with Gasteiger partial charge >= 0.3 is 0 Å². The second-order valence-electron chi connectivity index (χ2n) is 8.42. The maximum Gasteiger partial charge on any atom is 0.274 e. The summed E-state index contributed by atoms with van der Waals surface area (Å²) in [6.07, 6.45) is 2.50. The van der Waals surface area contributed by atoms with Crippen molar-refractivity contribution in [1.29, 1.82) is 0 Å². The Kier molecular flexibility index (Phi) is 4.72. The summed E-state index contributed by atoms with van der Waals surface area (Å²) in [4.78, 5) is 21.8. The second kappa shape index (κ2) is 7.91. The number of halogens is 1. The summed E-state index contributed by atoms with van der Waals surface area (Å²) in [6, 6.07) is 20.8. The van der Waals surface area contributed by atoms with E-state index in [-0.39, 0.29) is 11.9 Å². The van der Waals surface area contributed by atoms with Crippen molar-refractivity contribution >= 4 is 17.2 Å². The third kappa shape index (κ3) is 3.35. The molecule has 5 aromatic rings. The molecular weight excluding hydrogens is 431 g/mol. The van der Waals surface area contributed by atoms with Gasteiger partial charge in [0.1, 0.15) is 11.3 Å². The molecule has 0 saturated carbocycles. The van der Waals surface area contributed by atoms with E-state index in [1.54, 1.807) is 21.5 Å². The van der Waals surface area contributed by atoms with Gasteiger partial charge in [0.2, 0.25) is 0 Å². The molecule has 7 nitrogen and oxygen atoms in total. The molecule has 3 aromatic heterocycles. The number of fused-ring (bicyclic) bond motifs is 2. The van der Waals surface area contributed by atoms with Gasteiger partial charge in [0, 0.05) is 23.9 Å². The fraction of sp³-hybridized carbons (Fsp3) is 0.154. The van der Waals surface area contributed by atoms with Crippen LogP contribution in [-0.4, -0.2) is 30.1 Å². The Hall–Kier alpha value is -4.33. The lowest BCUT2D eigenvalue weighted by Crippen LogP contribution is -2.15. The molecule has 1 aliphatic heterocycles. The summed E-state index contributed by atoms with van der Waals surface area (Å²) in [6.45, 7) is 1.91. The quantitative estimate of drug-likeness (QED) is 0.409. The van der Waals surface area contributed by atoms with E-state index >= 15 is 0 Å². The lowest BCUT2D eigenvalue weighted by molar-refractivity contribution is 0.102. The van der Waals surface area contributed by atoms with Crippen LogP contribution >= 0.6 is 0 Å². The minimum atomic E-state index is -1.17. The third-order valence-electron chi connectivity index (χ3n) is 6.24. The van der Waals surface area contributed by atoms with E-state index in [2.05, 4.69) is 20.4 Å². The first-order valence-corrected chi connectivity index (χ1v) is 11.1. The molecule has 0 fully saturated rings. The SMILES string of the molecule is Cc1ccc(-c2nc3n(n2)[C@H](c2ccccc2)C[C@@H]3F)cc1NC(=O)c1cnc2ccccn12. The zero-order valence-electron chi connectivity index (χ0n) is 18.4. The summed E-state index contributed by atoms with van der Waals surface area (Å²) in [5.41, 5.74) is 4.38. The molecule has 0 aliphatic carbocycles. The molecule has 0 radical (unpaired) electrons. The Morgan fingerprint density at radius 3 is 2.76 bits per heavy atom. The number of rotatable bonds is 4. The average molecular weight is 452 g/mol. The zero-order chi connectivity index (χ0) is 23.2.